The molecule has 0 spiro atoms. The Balaban J connectivity index is 1.34. The third-order valence-electron chi connectivity index (χ3n) is 7.06. The maximum atomic E-state index is 13.8. The van der Waals surface area contributed by atoms with Gasteiger partial charge in [0.15, 0.2) is 11.6 Å². The molecule has 3 aromatic rings. The number of likely N-dealkylation sites (tertiary alicyclic amines) is 1. The normalized spacial score (nSPS) is 15.5. The summed E-state index contributed by atoms with van der Waals surface area (Å²) in [6, 6.07) is 7.04. The lowest BCUT2D eigenvalue weighted by atomic mass is 9.75. The fourth-order valence-electron chi connectivity index (χ4n) is 4.76. The van der Waals surface area contributed by atoms with Gasteiger partial charge in [-0.15, -0.1) is 0 Å². The molecule has 2 aromatic carbocycles. The molecule has 0 unspecified atom stereocenters. The minimum atomic E-state index is -1.23. The van der Waals surface area contributed by atoms with E-state index in [1.807, 2.05) is 18.2 Å². The number of piperidine rings is 1. The number of pyridine rings is 1. The van der Waals surface area contributed by atoms with Crippen LogP contribution in [0.15, 0.2) is 36.5 Å². The number of rotatable bonds is 7. The number of nitrogens with zero attached hydrogens (tertiary/aromatic N) is 2. The van der Waals surface area contributed by atoms with Gasteiger partial charge in [-0.1, -0.05) is 23.4 Å². The van der Waals surface area contributed by atoms with E-state index in [1.165, 1.54) is 0 Å². The third kappa shape index (κ3) is 5.95. The molecule has 1 aromatic heterocycles. The molecule has 0 aliphatic carbocycles. The standard InChI is InChI=1S/C28H28ClF3N2O2/c1-36-20-6-7-27-22(15-20)21(23(29)17-33-27)5-2-8-28(18-35)9-12-34(13-10-28)11-3-4-19-14-25(31)26(32)16-24(19)30/h6-7,14-17,35H,2,5,8-13,18H2,1H3. The molecule has 1 saturated heterocycles. The molecule has 2 heterocycles. The van der Waals surface area contributed by atoms with E-state index in [0.29, 0.717) is 17.6 Å². The number of benzene rings is 2. The topological polar surface area (TPSA) is 45.6 Å². The van der Waals surface area contributed by atoms with Gasteiger partial charge in [0.2, 0.25) is 0 Å². The van der Waals surface area contributed by atoms with Gasteiger partial charge in [0.05, 0.1) is 29.8 Å². The highest BCUT2D eigenvalue weighted by Crippen LogP contribution is 2.37. The van der Waals surface area contributed by atoms with Gasteiger partial charge in [-0.05, 0) is 80.4 Å². The zero-order valence-electron chi connectivity index (χ0n) is 20.1. The number of hydrogen-bond donors (Lipinski definition) is 1. The smallest absolute Gasteiger partial charge is 0.161 e. The molecular weight excluding hydrogens is 489 g/mol. The van der Waals surface area contributed by atoms with E-state index in [-0.39, 0.29) is 17.6 Å². The highest BCUT2D eigenvalue weighted by atomic mass is 35.5. The first-order valence-corrected chi connectivity index (χ1v) is 12.3. The van der Waals surface area contributed by atoms with Crippen molar-refractivity contribution in [1.82, 2.24) is 9.88 Å². The number of aliphatic hydroxyl groups excluding tert-OH is 1. The first-order chi connectivity index (χ1) is 17.3. The summed E-state index contributed by atoms with van der Waals surface area (Å²) in [7, 11) is 1.63. The molecule has 4 nitrogen and oxygen atoms in total. The molecule has 0 amide bonds. The van der Waals surface area contributed by atoms with E-state index in [2.05, 4.69) is 21.7 Å². The summed E-state index contributed by atoms with van der Waals surface area (Å²) in [5, 5.41) is 11.8. The van der Waals surface area contributed by atoms with Crippen molar-refractivity contribution in [3.8, 4) is 17.6 Å². The summed E-state index contributed by atoms with van der Waals surface area (Å²) in [5.41, 5.74) is 1.56. The SMILES string of the molecule is COc1ccc2ncc(Cl)c(CCCC3(CO)CCN(CC#Cc4cc(F)c(F)cc4F)CC3)c2c1. The molecule has 0 atom stereocenters. The van der Waals surface area contributed by atoms with Crippen molar-refractivity contribution in [3.05, 3.63) is 70.1 Å². The molecule has 36 heavy (non-hydrogen) atoms. The van der Waals surface area contributed by atoms with Gasteiger partial charge in [-0.3, -0.25) is 9.88 Å². The number of methoxy groups -OCH3 is 1. The van der Waals surface area contributed by atoms with E-state index >= 15 is 0 Å². The van der Waals surface area contributed by atoms with Crippen molar-refractivity contribution in [2.24, 2.45) is 5.41 Å². The Labute approximate surface area is 214 Å². The van der Waals surface area contributed by atoms with Crippen molar-refractivity contribution in [1.29, 1.82) is 0 Å². The van der Waals surface area contributed by atoms with Gasteiger partial charge in [0.25, 0.3) is 0 Å². The van der Waals surface area contributed by atoms with Crippen molar-refractivity contribution in [3.63, 3.8) is 0 Å². The van der Waals surface area contributed by atoms with Crippen molar-refractivity contribution in [2.75, 3.05) is 33.4 Å². The summed E-state index contributed by atoms with van der Waals surface area (Å²) >= 11 is 6.49. The predicted octanol–water partition coefficient (Wildman–Crippen LogP) is 5.76. The van der Waals surface area contributed by atoms with Gasteiger partial charge in [0.1, 0.15) is 11.6 Å². The molecule has 8 heteroatoms. The monoisotopic (exact) mass is 516 g/mol. The zero-order chi connectivity index (χ0) is 25.7. The molecule has 1 N–H and O–H groups in total. The summed E-state index contributed by atoms with van der Waals surface area (Å²) in [6.45, 7) is 1.98. The Morgan fingerprint density at radius 2 is 1.86 bits per heavy atom. The van der Waals surface area contributed by atoms with E-state index in [0.717, 1.165) is 73.5 Å². The van der Waals surface area contributed by atoms with Crippen molar-refractivity contribution in [2.45, 2.75) is 32.1 Å². The lowest BCUT2D eigenvalue weighted by molar-refractivity contribution is 0.0401. The Kier molecular flexibility index (Phi) is 8.40. The van der Waals surface area contributed by atoms with Gasteiger partial charge in [0, 0.05) is 24.3 Å². The third-order valence-corrected chi connectivity index (χ3v) is 7.38. The van der Waals surface area contributed by atoms with Crippen LogP contribution in [0.3, 0.4) is 0 Å². The number of aromatic nitrogens is 1. The quantitative estimate of drug-likeness (QED) is 0.320. The Morgan fingerprint density at radius 1 is 1.11 bits per heavy atom. The number of aryl methyl sites for hydroxylation is 1. The molecule has 190 valence electrons. The molecule has 0 radical (unpaired) electrons. The number of hydrogen-bond acceptors (Lipinski definition) is 4. The number of fused-ring (bicyclic) bond motifs is 1. The van der Waals surface area contributed by atoms with Crippen molar-refractivity contribution < 1.29 is 23.0 Å². The number of halogens is 4. The molecule has 1 aliphatic rings. The van der Waals surface area contributed by atoms with E-state index in [1.54, 1.807) is 13.3 Å². The molecule has 4 rings (SSSR count). The summed E-state index contributed by atoms with van der Waals surface area (Å²) in [4.78, 5) is 6.53. The minimum Gasteiger partial charge on any atom is -0.497 e. The predicted molar refractivity (Wildman–Crippen MR) is 135 cm³/mol. The van der Waals surface area contributed by atoms with Crippen LogP contribution in [0.25, 0.3) is 10.9 Å². The fraction of sp³-hybridized carbons (Fsp3) is 0.393. The van der Waals surface area contributed by atoms with Crippen LogP contribution in [0.5, 0.6) is 5.75 Å². The fourth-order valence-corrected chi connectivity index (χ4v) is 5.01. The molecule has 1 aliphatic heterocycles. The first-order valence-electron chi connectivity index (χ1n) is 11.9. The summed E-state index contributed by atoms with van der Waals surface area (Å²) < 4.78 is 45.6. The first kappa shape index (κ1) is 26.3. The van der Waals surface area contributed by atoms with E-state index < -0.39 is 17.5 Å². The van der Waals surface area contributed by atoms with Gasteiger partial charge in [-0.2, -0.15) is 0 Å². The minimum absolute atomic E-state index is 0.102. The van der Waals surface area contributed by atoms with Crippen LogP contribution in [0.2, 0.25) is 5.02 Å². The Bertz CT molecular complexity index is 1300. The number of aliphatic hydroxyl groups is 1. The van der Waals surface area contributed by atoms with Gasteiger partial charge < -0.3 is 9.84 Å². The van der Waals surface area contributed by atoms with E-state index in [4.69, 9.17) is 16.3 Å². The highest BCUT2D eigenvalue weighted by molar-refractivity contribution is 6.32. The average molecular weight is 517 g/mol. The Morgan fingerprint density at radius 3 is 2.58 bits per heavy atom. The van der Waals surface area contributed by atoms with Crippen LogP contribution in [-0.4, -0.2) is 48.3 Å². The van der Waals surface area contributed by atoms with Crippen molar-refractivity contribution >= 4 is 22.5 Å². The lowest BCUT2D eigenvalue weighted by Crippen LogP contribution is -2.42. The van der Waals surface area contributed by atoms with Crippen LogP contribution < -0.4 is 4.74 Å². The maximum absolute atomic E-state index is 13.8. The second-order valence-electron chi connectivity index (χ2n) is 9.30. The molecular formula is C28H28ClF3N2O2. The average Bonchev–Trinajstić information content (AvgIpc) is 2.89. The van der Waals surface area contributed by atoms with Crippen LogP contribution in [0, 0.1) is 34.7 Å². The van der Waals surface area contributed by atoms with Crippen LogP contribution >= 0.6 is 11.6 Å². The lowest BCUT2D eigenvalue weighted by Gasteiger charge is -2.40. The Hall–Kier alpha value is -2.79. The molecule has 0 bridgehead atoms. The largest absolute Gasteiger partial charge is 0.497 e. The second kappa shape index (κ2) is 11.5. The summed E-state index contributed by atoms with van der Waals surface area (Å²) in [6.07, 6.45) is 5.78. The zero-order valence-corrected chi connectivity index (χ0v) is 20.8. The van der Waals surface area contributed by atoms with Gasteiger partial charge >= 0.3 is 0 Å². The van der Waals surface area contributed by atoms with Crippen LogP contribution in [0.1, 0.15) is 36.8 Å². The second-order valence-corrected chi connectivity index (χ2v) is 9.71. The van der Waals surface area contributed by atoms with Crippen LogP contribution in [0.4, 0.5) is 13.2 Å². The summed E-state index contributed by atoms with van der Waals surface area (Å²) in [5.74, 6) is 2.98. The van der Waals surface area contributed by atoms with E-state index in [9.17, 15) is 18.3 Å². The molecule has 1 fully saturated rings. The number of ether oxygens (including phenoxy) is 1. The molecule has 0 saturated carbocycles. The maximum Gasteiger partial charge on any atom is 0.161 e. The van der Waals surface area contributed by atoms with Crippen LogP contribution in [-0.2, 0) is 6.42 Å². The highest BCUT2D eigenvalue weighted by Gasteiger charge is 2.33. The van der Waals surface area contributed by atoms with Gasteiger partial charge in [-0.25, -0.2) is 13.2 Å².